The van der Waals surface area contributed by atoms with Crippen LogP contribution in [0.5, 0.6) is 11.5 Å². The number of ether oxygens (including phenoxy) is 2. The first kappa shape index (κ1) is 19.1. The number of hydrogen-bond donors (Lipinski definition) is 1. The maximum Gasteiger partial charge on any atom is 0.251 e. The van der Waals surface area contributed by atoms with Crippen molar-refractivity contribution in [2.24, 2.45) is 0 Å². The van der Waals surface area contributed by atoms with Crippen LogP contribution in [0.3, 0.4) is 0 Å². The number of benzene rings is 2. The van der Waals surface area contributed by atoms with E-state index in [2.05, 4.69) is 10.2 Å². The molecule has 2 aromatic rings. The normalized spacial score (nSPS) is 17.8. The summed E-state index contributed by atoms with van der Waals surface area (Å²) in [4.78, 5) is 15.2. The molecule has 0 spiro atoms. The van der Waals surface area contributed by atoms with Crippen molar-refractivity contribution in [1.82, 2.24) is 10.2 Å². The summed E-state index contributed by atoms with van der Waals surface area (Å²) >= 11 is 6.45. The minimum absolute atomic E-state index is 0.0700. The predicted octanol–water partition coefficient (Wildman–Crippen LogP) is 4.07. The summed E-state index contributed by atoms with van der Waals surface area (Å²) in [6, 6.07) is 13.3. The zero-order valence-electron chi connectivity index (χ0n) is 15.8. The fourth-order valence-electron chi connectivity index (χ4n) is 3.83. The van der Waals surface area contributed by atoms with E-state index in [0.717, 1.165) is 30.1 Å². The maximum atomic E-state index is 12.8. The standard InChI is InChI=1S/C22H25ClN2O3/c23-18-7-2-1-6-17(18)19(25-10-3-4-11-25)15-24-22(26)16-8-9-20-21(14-16)28-13-5-12-27-20/h1-2,6-9,14,19H,3-5,10-13,15H2,(H,24,26). The van der Waals surface area contributed by atoms with Gasteiger partial charge < -0.3 is 14.8 Å². The lowest BCUT2D eigenvalue weighted by molar-refractivity contribution is 0.0937. The van der Waals surface area contributed by atoms with Gasteiger partial charge in [-0.15, -0.1) is 0 Å². The van der Waals surface area contributed by atoms with E-state index in [1.165, 1.54) is 12.8 Å². The van der Waals surface area contributed by atoms with Crippen molar-refractivity contribution in [1.29, 1.82) is 0 Å². The van der Waals surface area contributed by atoms with E-state index < -0.39 is 0 Å². The van der Waals surface area contributed by atoms with Gasteiger partial charge >= 0.3 is 0 Å². The number of hydrogen-bond acceptors (Lipinski definition) is 4. The predicted molar refractivity (Wildman–Crippen MR) is 109 cm³/mol. The largest absolute Gasteiger partial charge is 0.490 e. The highest BCUT2D eigenvalue weighted by atomic mass is 35.5. The van der Waals surface area contributed by atoms with Crippen LogP contribution >= 0.6 is 11.6 Å². The van der Waals surface area contributed by atoms with Gasteiger partial charge in [-0.25, -0.2) is 0 Å². The number of nitrogens with one attached hydrogen (secondary N) is 1. The van der Waals surface area contributed by atoms with Crippen molar-refractivity contribution >= 4 is 17.5 Å². The second kappa shape index (κ2) is 8.84. The molecule has 0 aliphatic carbocycles. The van der Waals surface area contributed by atoms with Crippen LogP contribution < -0.4 is 14.8 Å². The number of carbonyl (C=O) groups is 1. The van der Waals surface area contributed by atoms with Gasteiger partial charge in [-0.1, -0.05) is 29.8 Å². The molecule has 2 aromatic carbocycles. The summed E-state index contributed by atoms with van der Waals surface area (Å²) in [5.74, 6) is 1.21. The molecule has 1 amide bonds. The van der Waals surface area contributed by atoms with Gasteiger partial charge in [0.25, 0.3) is 5.91 Å². The first-order valence-corrected chi connectivity index (χ1v) is 10.3. The summed E-state index contributed by atoms with van der Waals surface area (Å²) in [6.07, 6.45) is 3.19. The van der Waals surface area contributed by atoms with Crippen molar-refractivity contribution < 1.29 is 14.3 Å². The Balaban J connectivity index is 1.48. The summed E-state index contributed by atoms with van der Waals surface area (Å²) in [5.41, 5.74) is 1.63. The Morgan fingerprint density at radius 1 is 1.04 bits per heavy atom. The van der Waals surface area contributed by atoms with Crippen molar-refractivity contribution in [3.8, 4) is 11.5 Å². The molecule has 6 heteroatoms. The molecule has 5 nitrogen and oxygen atoms in total. The minimum atomic E-state index is -0.119. The number of amides is 1. The van der Waals surface area contributed by atoms with Crippen molar-refractivity contribution in [3.63, 3.8) is 0 Å². The van der Waals surface area contributed by atoms with Crippen LogP contribution in [0.2, 0.25) is 5.02 Å². The molecule has 1 unspecified atom stereocenters. The molecule has 2 heterocycles. The fraction of sp³-hybridized carbons (Fsp3) is 0.409. The van der Waals surface area contributed by atoms with E-state index >= 15 is 0 Å². The monoisotopic (exact) mass is 400 g/mol. The Kier molecular flexibility index (Phi) is 6.03. The topological polar surface area (TPSA) is 50.8 Å². The number of nitrogens with zero attached hydrogens (tertiary/aromatic N) is 1. The Bertz CT molecular complexity index is 836. The highest BCUT2D eigenvalue weighted by Gasteiger charge is 2.26. The van der Waals surface area contributed by atoms with Crippen LogP contribution in [0.25, 0.3) is 0 Å². The van der Waals surface area contributed by atoms with E-state index in [-0.39, 0.29) is 11.9 Å². The lowest BCUT2D eigenvalue weighted by Crippen LogP contribution is -2.37. The fourth-order valence-corrected chi connectivity index (χ4v) is 4.09. The van der Waals surface area contributed by atoms with E-state index in [1.54, 1.807) is 12.1 Å². The molecule has 0 aromatic heterocycles. The van der Waals surface area contributed by atoms with Gasteiger partial charge in [0.2, 0.25) is 0 Å². The summed E-state index contributed by atoms with van der Waals surface area (Å²) < 4.78 is 11.3. The highest BCUT2D eigenvalue weighted by Crippen LogP contribution is 2.31. The van der Waals surface area contributed by atoms with Crippen molar-refractivity contribution in [2.45, 2.75) is 25.3 Å². The Labute approximate surface area is 170 Å². The molecular formula is C22H25ClN2O3. The average molecular weight is 401 g/mol. The molecule has 1 atom stereocenters. The van der Waals surface area contributed by atoms with Crippen LogP contribution in [0.4, 0.5) is 0 Å². The number of likely N-dealkylation sites (tertiary alicyclic amines) is 1. The second-order valence-corrected chi connectivity index (χ2v) is 7.61. The molecular weight excluding hydrogens is 376 g/mol. The summed E-state index contributed by atoms with van der Waals surface area (Å²) in [6.45, 7) is 3.79. The third-order valence-electron chi connectivity index (χ3n) is 5.31. The second-order valence-electron chi connectivity index (χ2n) is 7.20. The first-order chi connectivity index (χ1) is 13.7. The van der Waals surface area contributed by atoms with Gasteiger partial charge in [-0.3, -0.25) is 9.69 Å². The van der Waals surface area contributed by atoms with Gasteiger partial charge in [0.15, 0.2) is 11.5 Å². The highest BCUT2D eigenvalue weighted by molar-refractivity contribution is 6.31. The van der Waals surface area contributed by atoms with Crippen LogP contribution in [0, 0.1) is 0 Å². The van der Waals surface area contributed by atoms with E-state index in [9.17, 15) is 4.79 Å². The quantitative estimate of drug-likeness (QED) is 0.822. The molecule has 0 radical (unpaired) electrons. The Hall–Kier alpha value is -2.24. The van der Waals surface area contributed by atoms with Gasteiger partial charge in [0.05, 0.1) is 19.3 Å². The lowest BCUT2D eigenvalue weighted by atomic mass is 10.0. The number of fused-ring (bicyclic) bond motifs is 1. The molecule has 1 fully saturated rings. The van der Waals surface area contributed by atoms with Gasteiger partial charge in [0, 0.05) is 23.6 Å². The molecule has 1 N–H and O–H groups in total. The number of rotatable bonds is 5. The van der Waals surface area contributed by atoms with Crippen molar-refractivity contribution in [3.05, 3.63) is 58.6 Å². The molecule has 28 heavy (non-hydrogen) atoms. The van der Waals surface area contributed by atoms with Crippen LogP contribution in [-0.2, 0) is 0 Å². The lowest BCUT2D eigenvalue weighted by Gasteiger charge is -2.29. The smallest absolute Gasteiger partial charge is 0.251 e. The van der Waals surface area contributed by atoms with Crippen LogP contribution in [-0.4, -0.2) is 43.7 Å². The Morgan fingerprint density at radius 2 is 1.79 bits per heavy atom. The van der Waals surface area contributed by atoms with Gasteiger partial charge in [-0.2, -0.15) is 0 Å². The van der Waals surface area contributed by atoms with E-state index in [4.69, 9.17) is 21.1 Å². The van der Waals surface area contributed by atoms with Crippen LogP contribution in [0.15, 0.2) is 42.5 Å². The minimum Gasteiger partial charge on any atom is -0.490 e. The van der Waals surface area contributed by atoms with Gasteiger partial charge in [-0.05, 0) is 55.8 Å². The summed E-state index contributed by atoms with van der Waals surface area (Å²) in [7, 11) is 0. The first-order valence-electron chi connectivity index (χ1n) is 9.89. The third kappa shape index (κ3) is 4.26. The Morgan fingerprint density at radius 3 is 2.57 bits per heavy atom. The zero-order valence-corrected chi connectivity index (χ0v) is 16.6. The molecule has 0 bridgehead atoms. The van der Waals surface area contributed by atoms with Crippen LogP contribution in [0.1, 0.15) is 41.2 Å². The SMILES string of the molecule is O=C(NCC(c1ccccc1Cl)N1CCCC1)c1ccc2c(c1)OCCCO2. The molecule has 4 rings (SSSR count). The molecule has 2 aliphatic rings. The van der Waals surface area contributed by atoms with E-state index in [0.29, 0.717) is 36.8 Å². The average Bonchev–Trinajstić information content (AvgIpc) is 3.14. The molecule has 1 saturated heterocycles. The zero-order chi connectivity index (χ0) is 19.3. The molecule has 2 aliphatic heterocycles. The molecule has 148 valence electrons. The molecule has 0 saturated carbocycles. The van der Waals surface area contributed by atoms with E-state index in [1.807, 2.05) is 30.3 Å². The van der Waals surface area contributed by atoms with Gasteiger partial charge in [0.1, 0.15) is 0 Å². The number of halogens is 1. The van der Waals surface area contributed by atoms with Crippen molar-refractivity contribution in [2.75, 3.05) is 32.8 Å². The third-order valence-corrected chi connectivity index (χ3v) is 5.66. The number of carbonyl (C=O) groups excluding carboxylic acids is 1. The summed E-state index contributed by atoms with van der Waals surface area (Å²) in [5, 5.41) is 3.83. The maximum absolute atomic E-state index is 12.8.